The Balaban J connectivity index is 2.36. The smallest absolute Gasteiger partial charge is 0.220 e. The summed E-state index contributed by atoms with van der Waals surface area (Å²) in [6, 6.07) is 0. The number of hydrogen-bond donors (Lipinski definition) is 1. The van der Waals surface area contributed by atoms with Crippen molar-refractivity contribution in [3.8, 4) is 5.88 Å². The van der Waals surface area contributed by atoms with E-state index in [1.807, 2.05) is 0 Å². The molecule has 76 valence electrons. The molecule has 2 rings (SSSR count). The van der Waals surface area contributed by atoms with Crippen molar-refractivity contribution >= 4 is 0 Å². The van der Waals surface area contributed by atoms with Gasteiger partial charge in [0.1, 0.15) is 6.33 Å². The topological polar surface area (TPSA) is 61.0 Å². The predicted octanol–water partition coefficient (Wildman–Crippen LogP) is 1.21. The van der Waals surface area contributed by atoms with Gasteiger partial charge < -0.3 is 10.5 Å². The average molecular weight is 193 g/mol. The van der Waals surface area contributed by atoms with Gasteiger partial charge in [-0.25, -0.2) is 9.97 Å². The first-order chi connectivity index (χ1) is 6.86. The van der Waals surface area contributed by atoms with E-state index in [9.17, 15) is 0 Å². The summed E-state index contributed by atoms with van der Waals surface area (Å²) in [7, 11) is 1.62. The molecule has 0 unspecified atom stereocenters. The van der Waals surface area contributed by atoms with Crippen molar-refractivity contribution in [2.75, 3.05) is 7.11 Å². The minimum atomic E-state index is 0.454. The Labute approximate surface area is 83.5 Å². The molecule has 14 heavy (non-hydrogen) atoms. The summed E-state index contributed by atoms with van der Waals surface area (Å²) in [6.45, 7) is 0.454. The van der Waals surface area contributed by atoms with Crippen LogP contribution in [-0.4, -0.2) is 17.1 Å². The molecule has 1 aromatic rings. The molecule has 1 saturated carbocycles. The van der Waals surface area contributed by atoms with Crippen molar-refractivity contribution < 1.29 is 4.74 Å². The number of hydrogen-bond acceptors (Lipinski definition) is 4. The van der Waals surface area contributed by atoms with E-state index in [1.54, 1.807) is 13.4 Å². The van der Waals surface area contributed by atoms with Crippen LogP contribution in [0.25, 0.3) is 0 Å². The highest BCUT2D eigenvalue weighted by molar-refractivity contribution is 5.32. The summed E-state index contributed by atoms with van der Waals surface area (Å²) >= 11 is 0. The fraction of sp³-hybridized carbons (Fsp3) is 0.600. The first-order valence-corrected chi connectivity index (χ1v) is 4.94. The van der Waals surface area contributed by atoms with Gasteiger partial charge in [-0.2, -0.15) is 0 Å². The van der Waals surface area contributed by atoms with Gasteiger partial charge in [0, 0.05) is 18.0 Å². The maximum absolute atomic E-state index is 5.68. The minimum Gasteiger partial charge on any atom is -0.481 e. The lowest BCUT2D eigenvalue weighted by molar-refractivity contribution is 0.376. The highest BCUT2D eigenvalue weighted by atomic mass is 16.5. The van der Waals surface area contributed by atoms with Gasteiger partial charge in [-0.15, -0.1) is 0 Å². The fourth-order valence-electron chi connectivity index (χ4n) is 1.81. The monoisotopic (exact) mass is 193 g/mol. The van der Waals surface area contributed by atoms with Crippen LogP contribution in [0, 0.1) is 0 Å². The van der Waals surface area contributed by atoms with Crippen molar-refractivity contribution in [2.45, 2.75) is 31.7 Å². The Bertz CT molecular complexity index is 323. The van der Waals surface area contributed by atoms with Crippen molar-refractivity contribution in [3.63, 3.8) is 0 Å². The summed E-state index contributed by atoms with van der Waals surface area (Å²) in [4.78, 5) is 8.37. The van der Waals surface area contributed by atoms with Crippen molar-refractivity contribution in [1.29, 1.82) is 0 Å². The molecule has 4 heteroatoms. The van der Waals surface area contributed by atoms with Crippen LogP contribution < -0.4 is 10.5 Å². The maximum atomic E-state index is 5.68. The molecule has 1 aliphatic rings. The molecule has 0 aliphatic heterocycles. The third-order valence-corrected chi connectivity index (χ3v) is 2.83. The van der Waals surface area contributed by atoms with Gasteiger partial charge in [-0.3, -0.25) is 0 Å². The highest BCUT2D eigenvalue weighted by Crippen LogP contribution is 2.38. The van der Waals surface area contributed by atoms with Crippen LogP contribution in [0.2, 0.25) is 0 Å². The molecule has 0 amide bonds. The Morgan fingerprint density at radius 1 is 1.50 bits per heavy atom. The number of methoxy groups -OCH3 is 1. The molecule has 1 aliphatic carbocycles. The molecule has 0 radical (unpaired) electrons. The number of ether oxygens (including phenoxy) is 1. The minimum absolute atomic E-state index is 0.454. The average Bonchev–Trinajstić information content (AvgIpc) is 2.15. The molecule has 0 atom stereocenters. The zero-order valence-electron chi connectivity index (χ0n) is 8.36. The second-order valence-electron chi connectivity index (χ2n) is 3.58. The molecule has 0 bridgehead atoms. The lowest BCUT2D eigenvalue weighted by Crippen LogP contribution is -2.16. The summed E-state index contributed by atoms with van der Waals surface area (Å²) < 4.78 is 5.16. The van der Waals surface area contributed by atoms with Crippen LogP contribution in [-0.2, 0) is 6.54 Å². The van der Waals surface area contributed by atoms with Gasteiger partial charge in [0.05, 0.1) is 12.8 Å². The highest BCUT2D eigenvalue weighted by Gasteiger charge is 2.25. The number of nitrogens with two attached hydrogens (primary N) is 1. The van der Waals surface area contributed by atoms with Gasteiger partial charge in [0.2, 0.25) is 5.88 Å². The molecular formula is C10H15N3O. The zero-order valence-corrected chi connectivity index (χ0v) is 8.36. The lowest BCUT2D eigenvalue weighted by atomic mass is 9.81. The van der Waals surface area contributed by atoms with E-state index < -0.39 is 0 Å². The molecule has 0 aromatic carbocycles. The molecule has 1 fully saturated rings. The van der Waals surface area contributed by atoms with E-state index in [1.165, 1.54) is 19.3 Å². The van der Waals surface area contributed by atoms with E-state index in [4.69, 9.17) is 10.5 Å². The van der Waals surface area contributed by atoms with Crippen molar-refractivity contribution in [1.82, 2.24) is 9.97 Å². The quantitative estimate of drug-likeness (QED) is 0.783. The van der Waals surface area contributed by atoms with E-state index in [0.29, 0.717) is 18.3 Å². The van der Waals surface area contributed by atoms with Crippen LogP contribution in [0.1, 0.15) is 36.4 Å². The lowest BCUT2D eigenvalue weighted by Gasteiger charge is -2.26. The third kappa shape index (κ3) is 1.46. The van der Waals surface area contributed by atoms with Gasteiger partial charge >= 0.3 is 0 Å². The van der Waals surface area contributed by atoms with E-state index in [-0.39, 0.29) is 0 Å². The number of aromatic nitrogens is 2. The van der Waals surface area contributed by atoms with Crippen molar-refractivity contribution in [2.24, 2.45) is 5.73 Å². The predicted molar refractivity (Wildman–Crippen MR) is 53.1 cm³/mol. The summed E-state index contributed by atoms with van der Waals surface area (Å²) in [6.07, 6.45) is 5.28. The molecule has 0 spiro atoms. The number of rotatable bonds is 3. The maximum Gasteiger partial charge on any atom is 0.220 e. The Hall–Kier alpha value is -1.16. The SMILES string of the molecule is COc1ncnc(C2CCC2)c1CN. The summed E-state index contributed by atoms with van der Waals surface area (Å²) in [5.74, 6) is 1.20. The Morgan fingerprint density at radius 2 is 2.29 bits per heavy atom. The van der Waals surface area contributed by atoms with Gasteiger partial charge in [0.25, 0.3) is 0 Å². The zero-order chi connectivity index (χ0) is 9.97. The Kier molecular flexibility index (Phi) is 2.63. The first kappa shape index (κ1) is 9.40. The van der Waals surface area contributed by atoms with Gasteiger partial charge in [-0.05, 0) is 12.8 Å². The fourth-order valence-corrected chi connectivity index (χ4v) is 1.81. The largest absolute Gasteiger partial charge is 0.481 e. The van der Waals surface area contributed by atoms with E-state index in [0.717, 1.165) is 11.3 Å². The molecule has 4 nitrogen and oxygen atoms in total. The van der Waals surface area contributed by atoms with Gasteiger partial charge in [0.15, 0.2) is 0 Å². The third-order valence-electron chi connectivity index (χ3n) is 2.83. The molecule has 0 saturated heterocycles. The molecular weight excluding hydrogens is 178 g/mol. The van der Waals surface area contributed by atoms with Gasteiger partial charge in [-0.1, -0.05) is 6.42 Å². The standard InChI is InChI=1S/C10H15N3O/c1-14-10-8(5-11)9(12-6-13-10)7-3-2-4-7/h6-7H,2-5,11H2,1H3. The van der Waals surface area contributed by atoms with Crippen LogP contribution in [0.5, 0.6) is 5.88 Å². The normalized spacial score (nSPS) is 16.4. The number of nitrogens with zero attached hydrogens (tertiary/aromatic N) is 2. The van der Waals surface area contributed by atoms with Crippen molar-refractivity contribution in [3.05, 3.63) is 17.6 Å². The molecule has 1 heterocycles. The Morgan fingerprint density at radius 3 is 2.79 bits per heavy atom. The second kappa shape index (κ2) is 3.92. The van der Waals surface area contributed by atoms with E-state index >= 15 is 0 Å². The van der Waals surface area contributed by atoms with Crippen LogP contribution in [0.4, 0.5) is 0 Å². The van der Waals surface area contributed by atoms with Crippen LogP contribution in [0.3, 0.4) is 0 Å². The summed E-state index contributed by atoms with van der Waals surface area (Å²) in [5.41, 5.74) is 7.74. The second-order valence-corrected chi connectivity index (χ2v) is 3.58. The van der Waals surface area contributed by atoms with Crippen LogP contribution >= 0.6 is 0 Å². The first-order valence-electron chi connectivity index (χ1n) is 4.94. The molecule has 1 aromatic heterocycles. The van der Waals surface area contributed by atoms with E-state index in [2.05, 4.69) is 9.97 Å². The van der Waals surface area contributed by atoms with Crippen LogP contribution in [0.15, 0.2) is 6.33 Å². The summed E-state index contributed by atoms with van der Waals surface area (Å²) in [5, 5.41) is 0. The molecule has 2 N–H and O–H groups in total.